The highest BCUT2D eigenvalue weighted by Gasteiger charge is 2.23. The molecule has 1 aliphatic rings. The van der Waals surface area contributed by atoms with Crippen LogP contribution in [0.25, 0.3) is 0 Å². The number of hydrogen-bond donors (Lipinski definition) is 1. The van der Waals surface area contributed by atoms with Crippen LogP contribution in [0, 0.1) is 0 Å². The minimum Gasteiger partial charge on any atom is -0.491 e. The van der Waals surface area contributed by atoms with Crippen LogP contribution in [0.4, 0.5) is 11.4 Å². The Bertz CT molecular complexity index is 907. The summed E-state index contributed by atoms with van der Waals surface area (Å²) in [5.74, 6) is 0.721. The van der Waals surface area contributed by atoms with E-state index in [4.69, 9.17) is 16.3 Å². The summed E-state index contributed by atoms with van der Waals surface area (Å²) in [6, 6.07) is 12.6. The minimum absolute atomic E-state index is 0.0754. The van der Waals surface area contributed by atoms with Gasteiger partial charge in [0.25, 0.3) is 5.91 Å². The van der Waals surface area contributed by atoms with Gasteiger partial charge in [-0.3, -0.25) is 9.59 Å². The first-order valence-corrected chi connectivity index (χ1v) is 11.2. The van der Waals surface area contributed by atoms with E-state index in [9.17, 15) is 9.59 Å². The number of carbonyl (C=O) groups is 2. The number of amides is 2. The van der Waals surface area contributed by atoms with Gasteiger partial charge in [0.05, 0.1) is 17.5 Å². The van der Waals surface area contributed by atoms with Crippen LogP contribution in [0.3, 0.4) is 0 Å². The van der Waals surface area contributed by atoms with Crippen LogP contribution in [0.1, 0.15) is 44.0 Å². The molecule has 3 rings (SSSR count). The number of halogens is 1. The number of ether oxygens (including phenoxy) is 1. The van der Waals surface area contributed by atoms with Crippen molar-refractivity contribution in [1.82, 2.24) is 4.90 Å². The smallest absolute Gasteiger partial charge is 0.255 e. The molecule has 0 radical (unpaired) electrons. The molecule has 1 fully saturated rings. The maximum absolute atomic E-state index is 12.8. The molecule has 166 valence electrons. The molecule has 0 aromatic heterocycles. The lowest BCUT2D eigenvalue weighted by Gasteiger charge is -2.37. The second kappa shape index (κ2) is 10.5. The number of anilines is 2. The normalized spacial score (nSPS) is 14.0. The fraction of sp³-hybridized carbons (Fsp3) is 0.417. The summed E-state index contributed by atoms with van der Waals surface area (Å²) in [6.45, 7) is 8.70. The lowest BCUT2D eigenvalue weighted by Crippen LogP contribution is -2.48. The molecule has 31 heavy (non-hydrogen) atoms. The van der Waals surface area contributed by atoms with E-state index in [1.807, 2.05) is 37.8 Å². The SMILES string of the molecule is CCCC(=O)N1CCN(c2ccc(Cl)cc2NC(=O)c2ccc(OC(C)C)cc2)CC1. The number of carbonyl (C=O) groups excluding carboxylic acids is 2. The number of nitrogens with one attached hydrogen (secondary N) is 1. The Hall–Kier alpha value is -2.73. The zero-order valence-electron chi connectivity index (χ0n) is 18.4. The van der Waals surface area contributed by atoms with Gasteiger partial charge in [-0.05, 0) is 62.7 Å². The van der Waals surface area contributed by atoms with Crippen LogP contribution in [-0.4, -0.2) is 49.0 Å². The van der Waals surface area contributed by atoms with Gasteiger partial charge in [-0.2, -0.15) is 0 Å². The van der Waals surface area contributed by atoms with E-state index in [1.54, 1.807) is 30.3 Å². The Morgan fingerprint density at radius 3 is 2.35 bits per heavy atom. The van der Waals surface area contributed by atoms with E-state index in [0.717, 1.165) is 17.9 Å². The Kier molecular flexibility index (Phi) is 7.80. The fourth-order valence-corrected chi connectivity index (χ4v) is 3.78. The molecule has 0 aliphatic carbocycles. The van der Waals surface area contributed by atoms with E-state index in [0.29, 0.717) is 48.9 Å². The van der Waals surface area contributed by atoms with Crippen molar-refractivity contribution in [1.29, 1.82) is 0 Å². The topological polar surface area (TPSA) is 61.9 Å². The van der Waals surface area contributed by atoms with Crippen LogP contribution < -0.4 is 15.0 Å². The van der Waals surface area contributed by atoms with Crippen molar-refractivity contribution in [2.24, 2.45) is 0 Å². The van der Waals surface area contributed by atoms with Gasteiger partial charge in [0, 0.05) is 43.2 Å². The number of piperazine rings is 1. The van der Waals surface area contributed by atoms with Crippen LogP contribution in [0.2, 0.25) is 5.02 Å². The average molecular weight is 444 g/mol. The lowest BCUT2D eigenvalue weighted by molar-refractivity contribution is -0.131. The Balaban J connectivity index is 1.70. The Labute approximate surface area is 189 Å². The molecule has 0 unspecified atom stereocenters. The van der Waals surface area contributed by atoms with Gasteiger partial charge in [0.1, 0.15) is 5.75 Å². The molecular formula is C24H30ClN3O3. The number of benzene rings is 2. The van der Waals surface area contributed by atoms with Crippen molar-refractivity contribution in [3.63, 3.8) is 0 Å². The van der Waals surface area contributed by atoms with Crippen molar-refractivity contribution < 1.29 is 14.3 Å². The summed E-state index contributed by atoms with van der Waals surface area (Å²) < 4.78 is 5.64. The van der Waals surface area contributed by atoms with Gasteiger partial charge in [-0.15, -0.1) is 0 Å². The quantitative estimate of drug-likeness (QED) is 0.665. The lowest BCUT2D eigenvalue weighted by atomic mass is 10.1. The summed E-state index contributed by atoms with van der Waals surface area (Å²) in [6.07, 6.45) is 1.52. The van der Waals surface area contributed by atoms with Crippen LogP contribution in [0.5, 0.6) is 5.75 Å². The minimum atomic E-state index is -0.212. The molecule has 1 saturated heterocycles. The third-order valence-electron chi connectivity index (χ3n) is 5.13. The van der Waals surface area contributed by atoms with Crippen molar-refractivity contribution in [2.75, 3.05) is 36.4 Å². The Morgan fingerprint density at radius 2 is 1.74 bits per heavy atom. The van der Waals surface area contributed by atoms with E-state index >= 15 is 0 Å². The molecule has 6 nitrogen and oxygen atoms in total. The summed E-state index contributed by atoms with van der Waals surface area (Å²) in [5.41, 5.74) is 2.10. The molecule has 7 heteroatoms. The predicted molar refractivity (Wildman–Crippen MR) is 125 cm³/mol. The maximum atomic E-state index is 12.8. The fourth-order valence-electron chi connectivity index (χ4n) is 3.60. The highest BCUT2D eigenvalue weighted by Crippen LogP contribution is 2.30. The van der Waals surface area contributed by atoms with Gasteiger partial charge in [-0.1, -0.05) is 18.5 Å². The van der Waals surface area contributed by atoms with Crippen molar-refractivity contribution in [3.8, 4) is 5.75 Å². The summed E-state index contributed by atoms with van der Waals surface area (Å²) in [4.78, 5) is 29.1. The largest absolute Gasteiger partial charge is 0.491 e. The summed E-state index contributed by atoms with van der Waals surface area (Å²) >= 11 is 6.21. The molecule has 1 aliphatic heterocycles. The number of hydrogen-bond acceptors (Lipinski definition) is 4. The van der Waals surface area contributed by atoms with Gasteiger partial charge in [0.2, 0.25) is 5.91 Å². The molecule has 0 saturated carbocycles. The van der Waals surface area contributed by atoms with E-state index in [-0.39, 0.29) is 17.9 Å². The molecule has 1 N–H and O–H groups in total. The zero-order valence-corrected chi connectivity index (χ0v) is 19.1. The molecule has 0 bridgehead atoms. The van der Waals surface area contributed by atoms with E-state index < -0.39 is 0 Å². The molecule has 2 aromatic rings. The van der Waals surface area contributed by atoms with Gasteiger partial charge < -0.3 is 19.9 Å². The molecule has 0 atom stereocenters. The number of nitrogens with zero attached hydrogens (tertiary/aromatic N) is 2. The van der Waals surface area contributed by atoms with E-state index in [1.165, 1.54) is 0 Å². The van der Waals surface area contributed by atoms with Crippen LogP contribution >= 0.6 is 11.6 Å². The average Bonchev–Trinajstić information content (AvgIpc) is 2.74. The third-order valence-corrected chi connectivity index (χ3v) is 5.37. The highest BCUT2D eigenvalue weighted by atomic mass is 35.5. The second-order valence-corrected chi connectivity index (χ2v) is 8.36. The number of rotatable bonds is 7. The summed E-state index contributed by atoms with van der Waals surface area (Å²) in [7, 11) is 0. The van der Waals surface area contributed by atoms with Gasteiger partial charge >= 0.3 is 0 Å². The van der Waals surface area contributed by atoms with Crippen LogP contribution in [-0.2, 0) is 4.79 Å². The first-order chi connectivity index (χ1) is 14.9. The maximum Gasteiger partial charge on any atom is 0.255 e. The van der Waals surface area contributed by atoms with Crippen LogP contribution in [0.15, 0.2) is 42.5 Å². The standard InChI is InChI=1S/C24H30ClN3O3/c1-4-5-23(29)28-14-12-27(13-15-28)22-11-8-19(25)16-21(22)26-24(30)18-6-9-20(10-7-18)31-17(2)3/h6-11,16-17H,4-5,12-15H2,1-3H3,(H,26,30). The molecule has 1 heterocycles. The summed E-state index contributed by atoms with van der Waals surface area (Å²) in [5, 5.41) is 3.55. The zero-order chi connectivity index (χ0) is 22.4. The second-order valence-electron chi connectivity index (χ2n) is 7.92. The van der Waals surface area contributed by atoms with Crippen molar-refractivity contribution in [2.45, 2.75) is 39.7 Å². The predicted octanol–water partition coefficient (Wildman–Crippen LogP) is 4.83. The van der Waals surface area contributed by atoms with Crippen molar-refractivity contribution in [3.05, 3.63) is 53.1 Å². The molecule has 0 spiro atoms. The molecule has 2 aromatic carbocycles. The first kappa shape index (κ1) is 22.9. The first-order valence-electron chi connectivity index (χ1n) is 10.8. The van der Waals surface area contributed by atoms with E-state index in [2.05, 4.69) is 10.2 Å². The van der Waals surface area contributed by atoms with Gasteiger partial charge in [0.15, 0.2) is 0 Å². The van der Waals surface area contributed by atoms with Crippen molar-refractivity contribution >= 4 is 34.8 Å². The molecular weight excluding hydrogens is 414 g/mol. The third kappa shape index (κ3) is 6.14. The molecule has 2 amide bonds. The van der Waals surface area contributed by atoms with Gasteiger partial charge in [-0.25, -0.2) is 0 Å². The monoisotopic (exact) mass is 443 g/mol. The Morgan fingerprint density at radius 1 is 1.06 bits per heavy atom. The highest BCUT2D eigenvalue weighted by molar-refractivity contribution is 6.31.